The summed E-state index contributed by atoms with van der Waals surface area (Å²) < 4.78 is 18.7. The number of rotatable bonds is 7. The molecule has 1 aliphatic heterocycles. The molecule has 0 amide bonds. The number of aryl methyl sites for hydroxylation is 1. The number of Topliss-reactive ketones (excluding diaryl/α,β-unsaturated/α-hetero) is 1. The number of carbonyl (C=O) groups excluding carboxylic acids is 2. The van der Waals surface area contributed by atoms with E-state index in [0.717, 1.165) is 27.8 Å². The summed E-state index contributed by atoms with van der Waals surface area (Å²) >= 11 is 0. The number of fused-ring (bicyclic) bond motifs is 2. The van der Waals surface area contributed by atoms with Gasteiger partial charge in [-0.3, -0.25) is 4.79 Å². The lowest BCUT2D eigenvalue weighted by atomic mass is 10.0. The maximum Gasteiger partial charge on any atom is 0.331 e. The van der Waals surface area contributed by atoms with Crippen LogP contribution in [0.2, 0.25) is 0 Å². The smallest absolute Gasteiger partial charge is 0.331 e. The van der Waals surface area contributed by atoms with Crippen LogP contribution in [0.1, 0.15) is 28.5 Å². The van der Waals surface area contributed by atoms with Gasteiger partial charge in [0.25, 0.3) is 0 Å². The molecule has 200 valence electrons. The number of H-pyrrole nitrogens is 1. The molecule has 5 aromatic rings. The molecule has 0 aliphatic carbocycles. The van der Waals surface area contributed by atoms with Crippen molar-refractivity contribution in [2.24, 2.45) is 0 Å². The first-order valence-electron chi connectivity index (χ1n) is 13.0. The second-order valence-electron chi connectivity index (χ2n) is 9.52. The third kappa shape index (κ3) is 4.87. The van der Waals surface area contributed by atoms with Crippen LogP contribution in [0.25, 0.3) is 33.9 Å². The Morgan fingerprint density at radius 3 is 2.58 bits per heavy atom. The van der Waals surface area contributed by atoms with Gasteiger partial charge in [-0.2, -0.15) is 5.10 Å². The number of esters is 1. The quantitative estimate of drug-likeness (QED) is 0.158. The molecule has 0 saturated carbocycles. The number of nitrogens with zero attached hydrogens (tertiary/aromatic N) is 2. The van der Waals surface area contributed by atoms with Gasteiger partial charge in [-0.1, -0.05) is 36.4 Å². The summed E-state index contributed by atoms with van der Waals surface area (Å²) in [7, 11) is 0. The van der Waals surface area contributed by atoms with Crippen molar-refractivity contribution in [1.82, 2.24) is 14.8 Å². The third-order valence-electron chi connectivity index (χ3n) is 6.78. The Morgan fingerprint density at radius 2 is 1.75 bits per heavy atom. The van der Waals surface area contributed by atoms with E-state index in [4.69, 9.17) is 19.3 Å². The molecular weight excluding hydrogens is 506 g/mol. The molecule has 0 bridgehead atoms. The highest BCUT2D eigenvalue weighted by Crippen LogP contribution is 2.35. The summed E-state index contributed by atoms with van der Waals surface area (Å²) in [4.78, 5) is 29.3. The molecule has 0 saturated heterocycles. The predicted octanol–water partition coefficient (Wildman–Crippen LogP) is 5.93. The van der Waals surface area contributed by atoms with Crippen LogP contribution < -0.4 is 9.47 Å². The average Bonchev–Trinajstić information content (AvgIpc) is 3.56. The second-order valence-corrected chi connectivity index (χ2v) is 9.52. The van der Waals surface area contributed by atoms with Gasteiger partial charge >= 0.3 is 5.97 Å². The predicted molar refractivity (Wildman–Crippen MR) is 152 cm³/mol. The van der Waals surface area contributed by atoms with Gasteiger partial charge in [0.2, 0.25) is 5.78 Å². The van der Waals surface area contributed by atoms with Crippen molar-refractivity contribution in [3.05, 3.63) is 102 Å². The summed E-state index contributed by atoms with van der Waals surface area (Å²) in [6, 6.07) is 22.9. The zero-order valence-corrected chi connectivity index (χ0v) is 22.1. The van der Waals surface area contributed by atoms with Crippen LogP contribution in [0, 0.1) is 6.92 Å². The first-order chi connectivity index (χ1) is 19.5. The van der Waals surface area contributed by atoms with Crippen molar-refractivity contribution in [2.45, 2.75) is 20.0 Å². The molecule has 0 spiro atoms. The highest BCUT2D eigenvalue weighted by molar-refractivity contribution is 6.11. The molecule has 3 heterocycles. The summed E-state index contributed by atoms with van der Waals surface area (Å²) in [5, 5.41) is 5.60. The monoisotopic (exact) mass is 533 g/mol. The van der Waals surface area contributed by atoms with Crippen molar-refractivity contribution in [3.8, 4) is 28.4 Å². The van der Waals surface area contributed by atoms with Crippen molar-refractivity contribution >= 4 is 28.7 Å². The number of hydrogen-bond donors (Lipinski definition) is 1. The number of ether oxygens (including phenoxy) is 3. The molecule has 0 unspecified atom stereocenters. The maximum absolute atomic E-state index is 13.2. The Hall–Kier alpha value is -5.11. The summed E-state index contributed by atoms with van der Waals surface area (Å²) in [6.45, 7) is 4.41. The lowest BCUT2D eigenvalue weighted by Crippen LogP contribution is -2.24. The highest BCUT2D eigenvalue weighted by Gasteiger charge is 2.24. The highest BCUT2D eigenvalue weighted by atomic mass is 16.6. The normalized spacial score (nSPS) is 13.4. The fraction of sp³-hybridized carbons (Fsp3) is 0.156. The van der Waals surface area contributed by atoms with E-state index in [-0.39, 0.29) is 5.78 Å². The Labute approximate surface area is 230 Å². The summed E-state index contributed by atoms with van der Waals surface area (Å²) in [5.74, 6) is 0.444. The minimum Gasteiger partial charge on any atom is -0.486 e. The molecule has 1 aliphatic rings. The number of carbonyl (C=O) groups is 2. The SMILES string of the molecule is Cc1[nH]c2ccccc2c1C(=O)[C@H](C)OC(=O)/C=C/c1cn(-c2ccccc2)nc1-c1ccc2c(c1)OCCO2. The minimum absolute atomic E-state index is 0.259. The molecule has 0 fully saturated rings. The van der Waals surface area contributed by atoms with Gasteiger partial charge in [0.05, 0.1) is 5.69 Å². The van der Waals surface area contributed by atoms with Crippen LogP contribution in [0.4, 0.5) is 0 Å². The standard InChI is InChI=1S/C32H27N3O5/c1-20-30(25-10-6-7-11-26(25)33-20)32(37)21(2)40-29(36)15-13-23-19-35(24-8-4-3-5-9-24)34-31(23)22-12-14-27-28(18-22)39-17-16-38-27/h3-15,18-19,21,33H,16-17H2,1-2H3/b15-13+/t21-/m0/s1. The van der Waals surface area contributed by atoms with E-state index in [9.17, 15) is 9.59 Å². The number of hydrogen-bond acceptors (Lipinski definition) is 6. The van der Waals surface area contributed by atoms with Gasteiger partial charge in [0.15, 0.2) is 17.6 Å². The van der Waals surface area contributed by atoms with Gasteiger partial charge in [-0.05, 0) is 56.3 Å². The Morgan fingerprint density at radius 1 is 1.00 bits per heavy atom. The summed E-state index contributed by atoms with van der Waals surface area (Å²) in [6.07, 6.45) is 3.85. The van der Waals surface area contributed by atoms with Crippen LogP contribution in [0.5, 0.6) is 11.5 Å². The van der Waals surface area contributed by atoms with Crippen molar-refractivity contribution in [1.29, 1.82) is 0 Å². The largest absolute Gasteiger partial charge is 0.486 e. The van der Waals surface area contributed by atoms with E-state index in [0.29, 0.717) is 41.5 Å². The molecule has 1 atom stereocenters. The average molecular weight is 534 g/mol. The van der Waals surface area contributed by atoms with Gasteiger partial charge in [-0.15, -0.1) is 0 Å². The van der Waals surface area contributed by atoms with E-state index in [2.05, 4.69) is 4.98 Å². The Bertz CT molecular complexity index is 1750. The fourth-order valence-corrected chi connectivity index (χ4v) is 4.86. The first-order valence-corrected chi connectivity index (χ1v) is 13.0. The number of aromatic amines is 1. The molecule has 2 aromatic heterocycles. The van der Waals surface area contributed by atoms with Crippen LogP contribution in [-0.2, 0) is 9.53 Å². The molecule has 1 N–H and O–H groups in total. The van der Waals surface area contributed by atoms with Gasteiger partial charge in [0.1, 0.15) is 18.9 Å². The topological polar surface area (TPSA) is 95.4 Å². The number of para-hydroxylation sites is 2. The fourth-order valence-electron chi connectivity index (χ4n) is 4.86. The molecule has 8 heteroatoms. The van der Waals surface area contributed by atoms with Crippen molar-refractivity contribution in [3.63, 3.8) is 0 Å². The molecule has 3 aromatic carbocycles. The molecular formula is C32H27N3O5. The Kier molecular flexibility index (Phi) is 6.66. The molecule has 40 heavy (non-hydrogen) atoms. The van der Waals surface area contributed by atoms with Crippen LogP contribution in [0.15, 0.2) is 85.1 Å². The number of benzene rings is 3. The zero-order chi connectivity index (χ0) is 27.6. The van der Waals surface area contributed by atoms with Gasteiger partial charge in [0, 0.05) is 45.6 Å². The van der Waals surface area contributed by atoms with Crippen molar-refractivity contribution < 1.29 is 23.8 Å². The van der Waals surface area contributed by atoms with Crippen molar-refractivity contribution in [2.75, 3.05) is 13.2 Å². The zero-order valence-electron chi connectivity index (χ0n) is 22.1. The molecule has 6 rings (SSSR count). The lowest BCUT2D eigenvalue weighted by molar-refractivity contribution is -0.140. The van der Waals surface area contributed by atoms with E-state index < -0.39 is 12.1 Å². The number of ketones is 1. The number of aromatic nitrogens is 3. The van der Waals surface area contributed by atoms with E-state index in [1.54, 1.807) is 17.7 Å². The van der Waals surface area contributed by atoms with E-state index in [1.807, 2.05) is 85.9 Å². The Balaban J connectivity index is 1.26. The third-order valence-corrected chi connectivity index (χ3v) is 6.78. The molecule has 0 radical (unpaired) electrons. The molecule has 8 nitrogen and oxygen atoms in total. The second kappa shape index (κ2) is 10.6. The van der Waals surface area contributed by atoms with Crippen LogP contribution in [-0.4, -0.2) is 45.8 Å². The van der Waals surface area contributed by atoms with Gasteiger partial charge < -0.3 is 19.2 Å². The van der Waals surface area contributed by atoms with Gasteiger partial charge in [-0.25, -0.2) is 9.48 Å². The van der Waals surface area contributed by atoms with E-state index >= 15 is 0 Å². The lowest BCUT2D eigenvalue weighted by Gasteiger charge is -2.18. The van der Waals surface area contributed by atoms with E-state index in [1.165, 1.54) is 6.08 Å². The number of nitrogens with one attached hydrogen (secondary N) is 1. The van der Waals surface area contributed by atoms with Crippen LogP contribution >= 0.6 is 0 Å². The van der Waals surface area contributed by atoms with Crippen LogP contribution in [0.3, 0.4) is 0 Å². The first kappa shape index (κ1) is 25.2. The minimum atomic E-state index is -0.959. The maximum atomic E-state index is 13.2. The summed E-state index contributed by atoms with van der Waals surface area (Å²) in [5.41, 5.74) is 5.17.